The lowest BCUT2D eigenvalue weighted by molar-refractivity contribution is -0.140. The summed E-state index contributed by atoms with van der Waals surface area (Å²) in [5.41, 5.74) is 2.68. The number of halogens is 2. The molecule has 0 heterocycles. The molecule has 0 unspecified atom stereocenters. The van der Waals surface area contributed by atoms with Gasteiger partial charge in [-0.25, -0.2) is 8.42 Å². The molecule has 0 bridgehead atoms. The van der Waals surface area contributed by atoms with Crippen LogP contribution in [0.2, 0.25) is 10.0 Å². The van der Waals surface area contributed by atoms with E-state index in [1.54, 1.807) is 62.4 Å². The van der Waals surface area contributed by atoms with E-state index in [4.69, 9.17) is 23.2 Å². The number of hydrogen-bond donors (Lipinski definition) is 1. The molecule has 3 rings (SSSR count). The standard InChI is InChI=1S/C29H33Cl2N3O4S/c1-5-27(29(36)32-6-2)33(18-24-25(30)13-10-14-26(24)31)28(35)19-34(22-16-15-20(3)21(4)17-22)39(37,38)23-11-8-7-9-12-23/h7-17,27H,5-6,18-19H2,1-4H3,(H,32,36)/t27-/m0/s1. The topological polar surface area (TPSA) is 86.8 Å². The van der Waals surface area contributed by atoms with Gasteiger partial charge in [0.25, 0.3) is 10.0 Å². The van der Waals surface area contributed by atoms with Gasteiger partial charge in [-0.15, -0.1) is 0 Å². The number of carbonyl (C=O) groups excluding carboxylic acids is 2. The van der Waals surface area contributed by atoms with E-state index in [1.165, 1.54) is 17.0 Å². The lowest BCUT2D eigenvalue weighted by Gasteiger charge is -2.33. The molecule has 208 valence electrons. The molecule has 10 heteroatoms. The van der Waals surface area contributed by atoms with Gasteiger partial charge in [-0.3, -0.25) is 13.9 Å². The van der Waals surface area contributed by atoms with Gasteiger partial charge in [0.1, 0.15) is 12.6 Å². The molecule has 1 atom stereocenters. The summed E-state index contributed by atoms with van der Waals surface area (Å²) in [6.07, 6.45) is 0.300. The predicted octanol–water partition coefficient (Wildman–Crippen LogP) is 5.75. The summed E-state index contributed by atoms with van der Waals surface area (Å²) in [5.74, 6) is -0.915. The minimum absolute atomic E-state index is 0.0486. The number of hydrogen-bond acceptors (Lipinski definition) is 4. The van der Waals surface area contributed by atoms with Crippen LogP contribution in [0, 0.1) is 13.8 Å². The van der Waals surface area contributed by atoms with Gasteiger partial charge < -0.3 is 10.2 Å². The Morgan fingerprint density at radius 3 is 2.10 bits per heavy atom. The highest BCUT2D eigenvalue weighted by atomic mass is 35.5. The molecule has 0 fully saturated rings. The molecule has 0 aromatic heterocycles. The molecule has 39 heavy (non-hydrogen) atoms. The highest BCUT2D eigenvalue weighted by molar-refractivity contribution is 7.92. The van der Waals surface area contributed by atoms with Crippen LogP contribution in [0.3, 0.4) is 0 Å². The van der Waals surface area contributed by atoms with Gasteiger partial charge in [0.05, 0.1) is 10.6 Å². The number of rotatable bonds is 11. The molecule has 1 N–H and O–H groups in total. The maximum Gasteiger partial charge on any atom is 0.264 e. The van der Waals surface area contributed by atoms with Crippen molar-refractivity contribution in [3.63, 3.8) is 0 Å². The Hall–Kier alpha value is -3.07. The van der Waals surface area contributed by atoms with Gasteiger partial charge in [-0.1, -0.05) is 60.5 Å². The third kappa shape index (κ3) is 7.12. The summed E-state index contributed by atoms with van der Waals surface area (Å²) in [6.45, 7) is 7.15. The number of nitrogens with zero attached hydrogens (tertiary/aromatic N) is 2. The molecule has 2 amide bonds. The Kier molecular flexibility index (Phi) is 10.4. The average molecular weight is 591 g/mol. The zero-order valence-corrected chi connectivity index (χ0v) is 24.8. The fraction of sp³-hybridized carbons (Fsp3) is 0.310. The number of likely N-dealkylation sites (N-methyl/N-ethyl adjacent to an activating group) is 1. The minimum Gasteiger partial charge on any atom is -0.355 e. The van der Waals surface area contributed by atoms with Gasteiger partial charge in [0, 0.05) is 28.7 Å². The summed E-state index contributed by atoms with van der Waals surface area (Å²) in [6, 6.07) is 17.3. The Morgan fingerprint density at radius 2 is 1.54 bits per heavy atom. The Labute approximate surface area is 240 Å². The van der Waals surface area contributed by atoms with E-state index in [9.17, 15) is 18.0 Å². The van der Waals surface area contributed by atoms with Crippen LogP contribution < -0.4 is 9.62 Å². The van der Waals surface area contributed by atoms with Crippen molar-refractivity contribution < 1.29 is 18.0 Å². The zero-order valence-electron chi connectivity index (χ0n) is 22.4. The molecule has 0 saturated heterocycles. The third-order valence-electron chi connectivity index (χ3n) is 6.52. The first-order chi connectivity index (χ1) is 18.5. The maximum atomic E-state index is 14.0. The Bertz CT molecular complexity index is 1410. The van der Waals surface area contributed by atoms with Gasteiger partial charge >= 0.3 is 0 Å². The lowest BCUT2D eigenvalue weighted by atomic mass is 10.1. The summed E-state index contributed by atoms with van der Waals surface area (Å²) in [5, 5.41) is 3.45. The molecule has 0 spiro atoms. The van der Waals surface area contributed by atoms with E-state index in [-0.39, 0.29) is 17.3 Å². The van der Waals surface area contributed by atoms with E-state index in [2.05, 4.69) is 5.32 Å². The SMILES string of the molecule is CCNC(=O)[C@H](CC)N(Cc1c(Cl)cccc1Cl)C(=O)CN(c1ccc(C)c(C)c1)S(=O)(=O)c1ccccc1. The predicted molar refractivity (Wildman–Crippen MR) is 157 cm³/mol. The number of sulfonamides is 1. The fourth-order valence-corrected chi connectivity index (χ4v) is 6.14. The molecule has 0 saturated carbocycles. The smallest absolute Gasteiger partial charge is 0.264 e. The number of carbonyl (C=O) groups is 2. The number of benzene rings is 3. The minimum atomic E-state index is -4.13. The van der Waals surface area contributed by atoms with Crippen molar-refractivity contribution in [2.45, 2.75) is 51.6 Å². The number of amides is 2. The van der Waals surface area contributed by atoms with Crippen LogP contribution in [-0.4, -0.2) is 44.3 Å². The molecule has 0 radical (unpaired) electrons. The van der Waals surface area contributed by atoms with E-state index in [0.29, 0.717) is 34.3 Å². The molecular weight excluding hydrogens is 557 g/mol. The molecule has 0 aliphatic heterocycles. The van der Waals surface area contributed by atoms with E-state index >= 15 is 0 Å². The monoisotopic (exact) mass is 589 g/mol. The molecule has 0 aliphatic carbocycles. The molecular formula is C29H33Cl2N3O4S. The van der Waals surface area contributed by atoms with Crippen LogP contribution in [0.1, 0.15) is 37.0 Å². The maximum absolute atomic E-state index is 14.0. The first kappa shape index (κ1) is 30.5. The summed E-state index contributed by atoms with van der Waals surface area (Å²) in [7, 11) is -4.13. The first-order valence-corrected chi connectivity index (χ1v) is 14.9. The van der Waals surface area contributed by atoms with Gasteiger partial charge in [-0.05, 0) is 74.7 Å². The van der Waals surface area contributed by atoms with Crippen molar-refractivity contribution in [2.75, 3.05) is 17.4 Å². The largest absolute Gasteiger partial charge is 0.355 e. The summed E-state index contributed by atoms with van der Waals surface area (Å²) >= 11 is 12.8. The highest BCUT2D eigenvalue weighted by Gasteiger charge is 2.34. The third-order valence-corrected chi connectivity index (χ3v) is 9.01. The second-order valence-corrected chi connectivity index (χ2v) is 11.8. The van der Waals surface area contributed by atoms with Crippen LogP contribution in [0.4, 0.5) is 5.69 Å². The number of anilines is 1. The summed E-state index contributed by atoms with van der Waals surface area (Å²) < 4.78 is 28.8. The van der Waals surface area contributed by atoms with E-state index in [1.807, 2.05) is 19.9 Å². The molecule has 3 aromatic rings. The van der Waals surface area contributed by atoms with Crippen molar-refractivity contribution in [2.24, 2.45) is 0 Å². The summed E-state index contributed by atoms with van der Waals surface area (Å²) in [4.78, 5) is 28.5. The van der Waals surface area contributed by atoms with Crippen molar-refractivity contribution >= 4 is 50.7 Å². The van der Waals surface area contributed by atoms with E-state index < -0.39 is 28.5 Å². The van der Waals surface area contributed by atoms with E-state index in [0.717, 1.165) is 15.4 Å². The molecule has 0 aliphatic rings. The van der Waals surface area contributed by atoms with Crippen molar-refractivity contribution in [3.05, 3.63) is 93.5 Å². The first-order valence-electron chi connectivity index (χ1n) is 12.7. The van der Waals surface area contributed by atoms with Crippen LogP contribution in [-0.2, 0) is 26.2 Å². The Balaban J connectivity index is 2.11. The van der Waals surface area contributed by atoms with Crippen LogP contribution >= 0.6 is 23.2 Å². The lowest BCUT2D eigenvalue weighted by Crippen LogP contribution is -2.52. The van der Waals surface area contributed by atoms with Gasteiger partial charge in [-0.2, -0.15) is 0 Å². The van der Waals surface area contributed by atoms with Crippen LogP contribution in [0.25, 0.3) is 0 Å². The van der Waals surface area contributed by atoms with Gasteiger partial charge in [0.2, 0.25) is 11.8 Å². The molecule has 3 aromatic carbocycles. The van der Waals surface area contributed by atoms with Gasteiger partial charge in [0.15, 0.2) is 0 Å². The number of nitrogens with one attached hydrogen (secondary N) is 1. The highest BCUT2D eigenvalue weighted by Crippen LogP contribution is 2.29. The van der Waals surface area contributed by atoms with Crippen LogP contribution in [0.15, 0.2) is 71.6 Å². The molecule has 7 nitrogen and oxygen atoms in total. The second kappa shape index (κ2) is 13.3. The average Bonchev–Trinajstić information content (AvgIpc) is 2.91. The van der Waals surface area contributed by atoms with Crippen molar-refractivity contribution in [1.82, 2.24) is 10.2 Å². The second-order valence-electron chi connectivity index (χ2n) is 9.13. The number of aryl methyl sites for hydroxylation is 2. The zero-order chi connectivity index (χ0) is 28.7. The Morgan fingerprint density at radius 1 is 0.897 bits per heavy atom. The van der Waals surface area contributed by atoms with Crippen molar-refractivity contribution in [1.29, 1.82) is 0 Å². The quantitative estimate of drug-likeness (QED) is 0.308. The van der Waals surface area contributed by atoms with Crippen LogP contribution in [0.5, 0.6) is 0 Å². The normalized spacial score (nSPS) is 12.1. The van der Waals surface area contributed by atoms with Crippen molar-refractivity contribution in [3.8, 4) is 0 Å². The fourth-order valence-electron chi connectivity index (χ4n) is 4.19.